The van der Waals surface area contributed by atoms with Crippen LogP contribution in [0, 0.1) is 6.92 Å². The maximum atomic E-state index is 12.0. The summed E-state index contributed by atoms with van der Waals surface area (Å²) in [4.78, 5) is 12.0. The minimum atomic E-state index is -0.590. The summed E-state index contributed by atoms with van der Waals surface area (Å²) in [6, 6.07) is 17.2. The smallest absolute Gasteiger partial charge is 0.311 e. The van der Waals surface area contributed by atoms with Gasteiger partial charge in [-0.15, -0.1) is 10.2 Å². The van der Waals surface area contributed by atoms with Gasteiger partial charge in [0.1, 0.15) is 0 Å². The summed E-state index contributed by atoms with van der Waals surface area (Å²) >= 11 is 0. The minimum Gasteiger partial charge on any atom is -0.452 e. The molecule has 0 N–H and O–H groups in total. The average Bonchev–Trinajstić information content (AvgIpc) is 3.08. The molecular formula is C19H18N2O3. The topological polar surface area (TPSA) is 65.2 Å². The molecule has 3 aromatic rings. The number of aryl methyl sites for hydroxylation is 1. The van der Waals surface area contributed by atoms with Crippen LogP contribution in [0.25, 0.3) is 11.5 Å². The third kappa shape index (κ3) is 3.87. The molecule has 0 saturated heterocycles. The number of carbonyl (C=O) groups is 1. The Labute approximate surface area is 140 Å². The normalized spacial score (nSPS) is 11.9. The van der Waals surface area contributed by atoms with Crippen LogP contribution in [-0.2, 0) is 16.0 Å². The Morgan fingerprint density at radius 3 is 2.50 bits per heavy atom. The second kappa shape index (κ2) is 7.08. The quantitative estimate of drug-likeness (QED) is 0.667. The molecule has 0 amide bonds. The molecule has 24 heavy (non-hydrogen) atoms. The van der Waals surface area contributed by atoms with E-state index in [1.165, 1.54) is 0 Å². The summed E-state index contributed by atoms with van der Waals surface area (Å²) < 4.78 is 11.0. The van der Waals surface area contributed by atoms with Gasteiger partial charge >= 0.3 is 5.97 Å². The predicted molar refractivity (Wildman–Crippen MR) is 89.1 cm³/mol. The molecule has 122 valence electrons. The van der Waals surface area contributed by atoms with Crippen LogP contribution in [0.2, 0.25) is 0 Å². The number of carbonyl (C=O) groups excluding carboxylic acids is 1. The van der Waals surface area contributed by atoms with Crippen LogP contribution < -0.4 is 0 Å². The van der Waals surface area contributed by atoms with Crippen LogP contribution in [0.15, 0.2) is 59.0 Å². The third-order valence-electron chi connectivity index (χ3n) is 3.59. The van der Waals surface area contributed by atoms with Gasteiger partial charge in [-0.05, 0) is 31.5 Å². The van der Waals surface area contributed by atoms with Crippen molar-refractivity contribution in [1.82, 2.24) is 10.2 Å². The van der Waals surface area contributed by atoms with Gasteiger partial charge in [0.05, 0.1) is 6.42 Å². The fourth-order valence-corrected chi connectivity index (χ4v) is 2.26. The predicted octanol–water partition coefficient (Wildman–Crippen LogP) is 3.89. The monoisotopic (exact) mass is 322 g/mol. The number of aromatic nitrogens is 2. The molecule has 0 bridgehead atoms. The van der Waals surface area contributed by atoms with Gasteiger partial charge in [0.25, 0.3) is 5.89 Å². The summed E-state index contributed by atoms with van der Waals surface area (Å²) in [6.07, 6.45) is -0.377. The van der Waals surface area contributed by atoms with E-state index in [1.807, 2.05) is 61.5 Å². The minimum absolute atomic E-state index is 0.213. The van der Waals surface area contributed by atoms with Crippen molar-refractivity contribution in [3.8, 4) is 11.5 Å². The molecule has 0 fully saturated rings. The van der Waals surface area contributed by atoms with Crippen molar-refractivity contribution in [2.45, 2.75) is 26.4 Å². The molecule has 0 aliphatic carbocycles. The van der Waals surface area contributed by atoms with Crippen LogP contribution >= 0.6 is 0 Å². The second-order valence-corrected chi connectivity index (χ2v) is 5.61. The van der Waals surface area contributed by atoms with E-state index < -0.39 is 6.10 Å². The Hall–Kier alpha value is -2.95. The van der Waals surface area contributed by atoms with Crippen molar-refractivity contribution in [2.75, 3.05) is 0 Å². The van der Waals surface area contributed by atoms with Crippen LogP contribution in [0.4, 0.5) is 0 Å². The summed E-state index contributed by atoms with van der Waals surface area (Å²) in [5, 5.41) is 7.97. The van der Waals surface area contributed by atoms with Gasteiger partial charge in [-0.2, -0.15) is 0 Å². The van der Waals surface area contributed by atoms with Crippen molar-refractivity contribution in [2.24, 2.45) is 0 Å². The van der Waals surface area contributed by atoms with Gasteiger partial charge in [0.2, 0.25) is 5.89 Å². The molecule has 5 heteroatoms. The Balaban J connectivity index is 1.62. The number of nitrogens with zero attached hydrogens (tertiary/aromatic N) is 2. The molecule has 1 heterocycles. The lowest BCUT2D eigenvalue weighted by Crippen LogP contribution is -2.11. The van der Waals surface area contributed by atoms with E-state index in [0.29, 0.717) is 5.89 Å². The lowest BCUT2D eigenvalue weighted by Gasteiger charge is -2.09. The first kappa shape index (κ1) is 15.9. The van der Waals surface area contributed by atoms with E-state index in [4.69, 9.17) is 9.15 Å². The van der Waals surface area contributed by atoms with Crippen molar-refractivity contribution < 1.29 is 13.9 Å². The molecule has 1 atom stereocenters. The first-order valence-corrected chi connectivity index (χ1v) is 7.75. The maximum absolute atomic E-state index is 12.0. The summed E-state index contributed by atoms with van der Waals surface area (Å²) in [7, 11) is 0. The molecule has 1 aromatic heterocycles. The van der Waals surface area contributed by atoms with E-state index in [1.54, 1.807) is 6.92 Å². The van der Waals surface area contributed by atoms with Gasteiger partial charge in [0, 0.05) is 5.56 Å². The zero-order chi connectivity index (χ0) is 16.9. The van der Waals surface area contributed by atoms with Crippen molar-refractivity contribution in [3.05, 3.63) is 71.6 Å². The number of esters is 1. The fourth-order valence-electron chi connectivity index (χ4n) is 2.26. The van der Waals surface area contributed by atoms with Crippen molar-refractivity contribution in [3.63, 3.8) is 0 Å². The van der Waals surface area contributed by atoms with E-state index in [-0.39, 0.29) is 18.3 Å². The van der Waals surface area contributed by atoms with E-state index >= 15 is 0 Å². The van der Waals surface area contributed by atoms with Crippen LogP contribution in [0.3, 0.4) is 0 Å². The molecule has 5 nitrogen and oxygen atoms in total. The van der Waals surface area contributed by atoms with Crippen LogP contribution in [-0.4, -0.2) is 16.2 Å². The Morgan fingerprint density at radius 1 is 1.08 bits per heavy atom. The van der Waals surface area contributed by atoms with E-state index in [2.05, 4.69) is 10.2 Å². The maximum Gasteiger partial charge on any atom is 0.311 e. The van der Waals surface area contributed by atoms with Gasteiger partial charge in [-0.3, -0.25) is 4.79 Å². The summed E-state index contributed by atoms with van der Waals surface area (Å²) in [5.74, 6) is 0.365. The molecule has 2 aromatic carbocycles. The van der Waals surface area contributed by atoms with Crippen molar-refractivity contribution >= 4 is 5.97 Å². The van der Waals surface area contributed by atoms with Gasteiger partial charge < -0.3 is 9.15 Å². The number of hydrogen-bond acceptors (Lipinski definition) is 5. The van der Waals surface area contributed by atoms with Crippen LogP contribution in [0.5, 0.6) is 0 Å². The standard InChI is InChI=1S/C19H18N2O3/c1-13-8-10-15(11-9-13)12-17(22)23-14(2)18-20-21-19(24-18)16-6-4-3-5-7-16/h3-11,14H,12H2,1-2H3/t14-/m0/s1. The number of hydrogen-bond donors (Lipinski definition) is 0. The lowest BCUT2D eigenvalue weighted by molar-refractivity contribution is -0.148. The lowest BCUT2D eigenvalue weighted by atomic mass is 10.1. The molecular weight excluding hydrogens is 304 g/mol. The Kier molecular flexibility index (Phi) is 4.70. The zero-order valence-electron chi connectivity index (χ0n) is 13.6. The highest BCUT2D eigenvalue weighted by molar-refractivity contribution is 5.72. The molecule has 0 spiro atoms. The fraction of sp³-hybridized carbons (Fsp3) is 0.211. The highest BCUT2D eigenvalue weighted by Crippen LogP contribution is 2.22. The van der Waals surface area contributed by atoms with E-state index in [0.717, 1.165) is 16.7 Å². The number of benzene rings is 2. The molecule has 0 aliphatic rings. The molecule has 0 radical (unpaired) electrons. The van der Waals surface area contributed by atoms with Crippen molar-refractivity contribution in [1.29, 1.82) is 0 Å². The highest BCUT2D eigenvalue weighted by Gasteiger charge is 2.19. The van der Waals surface area contributed by atoms with Gasteiger partial charge in [-0.25, -0.2) is 0 Å². The third-order valence-corrected chi connectivity index (χ3v) is 3.59. The zero-order valence-corrected chi connectivity index (χ0v) is 13.6. The first-order valence-electron chi connectivity index (χ1n) is 7.75. The number of ether oxygens (including phenoxy) is 1. The molecule has 0 saturated carbocycles. The molecule has 0 unspecified atom stereocenters. The second-order valence-electron chi connectivity index (χ2n) is 5.61. The van der Waals surface area contributed by atoms with Gasteiger partial charge in [0.15, 0.2) is 6.10 Å². The van der Waals surface area contributed by atoms with Crippen LogP contribution in [0.1, 0.15) is 30.0 Å². The molecule has 3 rings (SSSR count). The summed E-state index contributed by atoms with van der Waals surface area (Å²) in [5.41, 5.74) is 2.89. The SMILES string of the molecule is Cc1ccc(CC(=O)O[C@@H](C)c2nnc(-c3ccccc3)o2)cc1. The Bertz CT molecular complexity index is 810. The average molecular weight is 322 g/mol. The molecule has 0 aliphatic heterocycles. The highest BCUT2D eigenvalue weighted by atomic mass is 16.6. The first-order chi connectivity index (χ1) is 11.6. The Morgan fingerprint density at radius 2 is 1.79 bits per heavy atom. The summed E-state index contributed by atoms with van der Waals surface area (Å²) in [6.45, 7) is 3.72. The van der Waals surface area contributed by atoms with Gasteiger partial charge in [-0.1, -0.05) is 48.0 Å². The largest absolute Gasteiger partial charge is 0.452 e. The van der Waals surface area contributed by atoms with E-state index in [9.17, 15) is 4.79 Å². The number of rotatable bonds is 5.